The Hall–Kier alpha value is -3.04. The van der Waals surface area contributed by atoms with Crippen LogP contribution in [0, 0.1) is 6.92 Å². The summed E-state index contributed by atoms with van der Waals surface area (Å²) in [5.74, 6) is 0.311. The highest BCUT2D eigenvalue weighted by Crippen LogP contribution is 2.33. The molecule has 0 heterocycles. The zero-order valence-corrected chi connectivity index (χ0v) is 20.2. The topological polar surface area (TPSA) is 84.9 Å². The first-order chi connectivity index (χ1) is 15.3. The number of amides is 1. The monoisotopic (exact) mass is 518 g/mol. The number of aryl methyl sites for hydroxylation is 1. The van der Waals surface area contributed by atoms with Gasteiger partial charge in [0.25, 0.3) is 10.0 Å². The number of nitrogens with zero attached hydrogens (tertiary/aromatic N) is 1. The largest absolute Gasteiger partial charge is 0.493 e. The van der Waals surface area contributed by atoms with Gasteiger partial charge >= 0.3 is 0 Å². The fraction of sp³-hybridized carbons (Fsp3) is 0.174. The van der Waals surface area contributed by atoms with Crippen molar-refractivity contribution in [2.75, 3.05) is 30.4 Å². The van der Waals surface area contributed by atoms with Crippen LogP contribution in [0.1, 0.15) is 5.56 Å². The molecule has 0 radical (unpaired) electrons. The summed E-state index contributed by atoms with van der Waals surface area (Å²) < 4.78 is 39.4. The van der Waals surface area contributed by atoms with Crippen LogP contribution in [0.4, 0.5) is 11.4 Å². The Morgan fingerprint density at radius 2 is 1.66 bits per heavy atom. The normalized spacial score (nSPS) is 11.0. The molecule has 0 saturated carbocycles. The number of anilines is 2. The minimum atomic E-state index is -4.03. The molecule has 3 aromatic rings. The molecule has 7 nitrogen and oxygen atoms in total. The third-order valence-corrected chi connectivity index (χ3v) is 7.39. The van der Waals surface area contributed by atoms with Crippen molar-refractivity contribution in [3.8, 4) is 11.5 Å². The molecule has 0 unspecified atom stereocenters. The molecule has 0 bridgehead atoms. The maximum Gasteiger partial charge on any atom is 0.264 e. The number of halogens is 1. The number of sulfonamides is 1. The lowest BCUT2D eigenvalue weighted by atomic mass is 10.2. The van der Waals surface area contributed by atoms with Gasteiger partial charge in [-0.15, -0.1) is 0 Å². The van der Waals surface area contributed by atoms with Gasteiger partial charge in [-0.1, -0.05) is 34.1 Å². The van der Waals surface area contributed by atoms with Crippen molar-refractivity contribution in [2.45, 2.75) is 11.8 Å². The van der Waals surface area contributed by atoms with Crippen molar-refractivity contribution in [3.63, 3.8) is 0 Å². The van der Waals surface area contributed by atoms with E-state index in [-0.39, 0.29) is 10.6 Å². The molecule has 0 saturated heterocycles. The van der Waals surface area contributed by atoms with E-state index in [9.17, 15) is 13.2 Å². The molecular formula is C23H23BrN2O5S. The van der Waals surface area contributed by atoms with Gasteiger partial charge in [0.15, 0.2) is 11.5 Å². The first kappa shape index (κ1) is 23.6. The molecule has 3 aromatic carbocycles. The summed E-state index contributed by atoms with van der Waals surface area (Å²) in [5.41, 5.74) is 1.78. The second-order valence-corrected chi connectivity index (χ2v) is 9.59. The van der Waals surface area contributed by atoms with Crippen LogP contribution < -0.4 is 19.1 Å². The molecule has 9 heteroatoms. The van der Waals surface area contributed by atoms with Crippen molar-refractivity contribution in [1.82, 2.24) is 0 Å². The number of rotatable bonds is 8. The number of ether oxygens (including phenoxy) is 2. The molecule has 32 heavy (non-hydrogen) atoms. The summed E-state index contributed by atoms with van der Waals surface area (Å²) in [4.78, 5) is 12.9. The van der Waals surface area contributed by atoms with Gasteiger partial charge < -0.3 is 14.8 Å². The van der Waals surface area contributed by atoms with Gasteiger partial charge in [-0.3, -0.25) is 9.10 Å². The van der Waals surface area contributed by atoms with Crippen LogP contribution in [-0.2, 0) is 14.8 Å². The molecule has 0 aliphatic carbocycles. The maximum atomic E-state index is 13.4. The highest BCUT2D eigenvalue weighted by atomic mass is 79.9. The van der Waals surface area contributed by atoms with Crippen molar-refractivity contribution in [3.05, 3.63) is 76.8 Å². The van der Waals surface area contributed by atoms with Crippen molar-refractivity contribution in [2.24, 2.45) is 0 Å². The van der Waals surface area contributed by atoms with Crippen LogP contribution in [0.3, 0.4) is 0 Å². The van der Waals surface area contributed by atoms with Gasteiger partial charge in [0.2, 0.25) is 5.91 Å². The average molecular weight is 519 g/mol. The van der Waals surface area contributed by atoms with Gasteiger partial charge in [-0.2, -0.15) is 0 Å². The Morgan fingerprint density at radius 1 is 0.969 bits per heavy atom. The second-order valence-electron chi connectivity index (χ2n) is 6.88. The van der Waals surface area contributed by atoms with Gasteiger partial charge in [-0.05, 0) is 55.0 Å². The van der Waals surface area contributed by atoms with E-state index in [0.29, 0.717) is 17.2 Å². The first-order valence-electron chi connectivity index (χ1n) is 9.62. The molecule has 1 amide bonds. The van der Waals surface area contributed by atoms with E-state index in [1.165, 1.54) is 32.4 Å². The Bertz CT molecular complexity index is 1220. The fourth-order valence-electron chi connectivity index (χ4n) is 3.07. The van der Waals surface area contributed by atoms with Crippen LogP contribution in [-0.4, -0.2) is 35.1 Å². The van der Waals surface area contributed by atoms with E-state index < -0.39 is 22.5 Å². The lowest BCUT2D eigenvalue weighted by Gasteiger charge is -2.25. The number of methoxy groups -OCH3 is 2. The Kier molecular flexibility index (Phi) is 7.42. The zero-order valence-electron chi connectivity index (χ0n) is 17.8. The number of hydrogen-bond acceptors (Lipinski definition) is 5. The van der Waals surface area contributed by atoms with Crippen molar-refractivity contribution < 1.29 is 22.7 Å². The minimum Gasteiger partial charge on any atom is -0.493 e. The van der Waals surface area contributed by atoms with Crippen LogP contribution >= 0.6 is 15.9 Å². The highest BCUT2D eigenvalue weighted by molar-refractivity contribution is 9.10. The smallest absolute Gasteiger partial charge is 0.264 e. The van der Waals surface area contributed by atoms with E-state index >= 15 is 0 Å². The molecule has 0 fully saturated rings. The molecule has 3 rings (SSSR count). The van der Waals surface area contributed by atoms with E-state index in [0.717, 1.165) is 14.3 Å². The Balaban J connectivity index is 1.99. The lowest BCUT2D eigenvalue weighted by Crippen LogP contribution is -2.38. The molecule has 168 valence electrons. The average Bonchev–Trinajstić information content (AvgIpc) is 2.80. The SMILES string of the molecule is COc1ccc(N(CC(=O)Nc2ccc(Br)c(C)c2)S(=O)(=O)c2ccccc2)cc1OC. The quantitative estimate of drug-likeness (QED) is 0.470. The van der Waals surface area contributed by atoms with E-state index in [4.69, 9.17) is 9.47 Å². The number of carbonyl (C=O) groups is 1. The number of nitrogens with one attached hydrogen (secondary N) is 1. The Labute approximate surface area is 196 Å². The maximum absolute atomic E-state index is 13.4. The number of carbonyl (C=O) groups excluding carboxylic acids is 1. The lowest BCUT2D eigenvalue weighted by molar-refractivity contribution is -0.114. The molecule has 0 atom stereocenters. The van der Waals surface area contributed by atoms with Crippen LogP contribution in [0.2, 0.25) is 0 Å². The fourth-order valence-corrected chi connectivity index (χ4v) is 4.75. The van der Waals surface area contributed by atoms with Gasteiger partial charge in [0, 0.05) is 16.2 Å². The van der Waals surface area contributed by atoms with E-state index in [1.54, 1.807) is 42.5 Å². The van der Waals surface area contributed by atoms with Crippen LogP contribution in [0.5, 0.6) is 11.5 Å². The minimum absolute atomic E-state index is 0.0714. The molecule has 0 spiro atoms. The molecule has 1 N–H and O–H groups in total. The first-order valence-corrected chi connectivity index (χ1v) is 11.9. The number of benzene rings is 3. The molecule has 0 aliphatic rings. The van der Waals surface area contributed by atoms with Gasteiger partial charge in [0.1, 0.15) is 6.54 Å². The summed E-state index contributed by atoms with van der Waals surface area (Å²) in [6, 6.07) is 18.0. The van der Waals surface area contributed by atoms with Crippen LogP contribution in [0.15, 0.2) is 76.1 Å². The second kappa shape index (κ2) is 10.1. The Morgan fingerprint density at radius 3 is 2.28 bits per heavy atom. The summed E-state index contributed by atoms with van der Waals surface area (Å²) in [6.07, 6.45) is 0. The third-order valence-electron chi connectivity index (χ3n) is 4.72. The van der Waals surface area contributed by atoms with Crippen molar-refractivity contribution >= 4 is 43.2 Å². The molecular weight excluding hydrogens is 496 g/mol. The van der Waals surface area contributed by atoms with E-state index in [1.807, 2.05) is 13.0 Å². The third kappa shape index (κ3) is 5.23. The standard InChI is InChI=1S/C23H23BrN2O5S/c1-16-13-17(9-11-20(16)24)25-23(27)15-26(32(28,29)19-7-5-4-6-8-19)18-10-12-21(30-2)22(14-18)31-3/h4-14H,15H2,1-3H3,(H,25,27). The van der Waals surface area contributed by atoms with Crippen LogP contribution in [0.25, 0.3) is 0 Å². The highest BCUT2D eigenvalue weighted by Gasteiger charge is 2.28. The summed E-state index contributed by atoms with van der Waals surface area (Å²) in [5, 5.41) is 2.76. The number of hydrogen-bond donors (Lipinski definition) is 1. The van der Waals surface area contributed by atoms with Crippen molar-refractivity contribution in [1.29, 1.82) is 0 Å². The zero-order chi connectivity index (χ0) is 23.3. The summed E-state index contributed by atoms with van der Waals surface area (Å²) in [7, 11) is -1.08. The predicted octanol–water partition coefficient (Wildman–Crippen LogP) is 4.61. The predicted molar refractivity (Wildman–Crippen MR) is 128 cm³/mol. The molecule has 0 aliphatic heterocycles. The van der Waals surface area contributed by atoms with E-state index in [2.05, 4.69) is 21.2 Å². The summed E-state index contributed by atoms with van der Waals surface area (Å²) in [6.45, 7) is 1.47. The molecule has 0 aromatic heterocycles. The van der Waals surface area contributed by atoms with Gasteiger partial charge in [-0.25, -0.2) is 8.42 Å². The van der Waals surface area contributed by atoms with Gasteiger partial charge in [0.05, 0.1) is 24.8 Å². The summed E-state index contributed by atoms with van der Waals surface area (Å²) >= 11 is 3.42.